The number of aliphatic imine (C=N–C) groups is 1. The topological polar surface area (TPSA) is 15.6 Å². The first kappa shape index (κ1) is 8.05. The Balaban J connectivity index is 2.94. The van der Waals surface area contributed by atoms with Gasteiger partial charge in [-0.15, -0.1) is 0 Å². The van der Waals surface area contributed by atoms with Crippen LogP contribution in [0.5, 0.6) is 0 Å². The van der Waals surface area contributed by atoms with Crippen LogP contribution in [0.3, 0.4) is 0 Å². The van der Waals surface area contributed by atoms with E-state index >= 15 is 0 Å². The van der Waals surface area contributed by atoms with Crippen LogP contribution >= 0.6 is 0 Å². The Hall–Kier alpha value is -1.05. The molecule has 0 aromatic heterocycles. The Kier molecular flexibility index (Phi) is 2.47. The van der Waals surface area contributed by atoms with Crippen molar-refractivity contribution >= 4 is 6.72 Å². The van der Waals surface area contributed by atoms with Gasteiger partial charge >= 0.3 is 0 Å². The average molecular weight is 150 g/mol. The fraction of sp³-hybridized carbons (Fsp3) is 0.444. The molecule has 0 unspecified atom stereocenters. The van der Waals surface area contributed by atoms with Crippen molar-refractivity contribution in [2.24, 2.45) is 4.99 Å². The van der Waals surface area contributed by atoms with Gasteiger partial charge in [-0.25, -0.2) is 4.99 Å². The van der Waals surface area contributed by atoms with Crippen LogP contribution in [-0.4, -0.2) is 25.2 Å². The maximum atomic E-state index is 3.97. The molecule has 0 N–H and O–H groups in total. The molecule has 2 nitrogen and oxygen atoms in total. The zero-order chi connectivity index (χ0) is 8.27. The molecule has 2 heteroatoms. The molecule has 0 atom stereocenters. The van der Waals surface area contributed by atoms with Gasteiger partial charge in [-0.3, -0.25) is 0 Å². The summed E-state index contributed by atoms with van der Waals surface area (Å²) in [7, 11) is 2.03. The van der Waals surface area contributed by atoms with Crippen molar-refractivity contribution < 1.29 is 0 Å². The minimum atomic E-state index is 0.992. The zero-order valence-corrected chi connectivity index (χ0v) is 7.01. The Bertz CT molecular complexity index is 204. The molecule has 1 heterocycles. The Labute approximate surface area is 67.9 Å². The lowest BCUT2D eigenvalue weighted by Gasteiger charge is -2.26. The van der Waals surface area contributed by atoms with Gasteiger partial charge in [0.1, 0.15) is 5.82 Å². The summed E-state index contributed by atoms with van der Waals surface area (Å²) < 4.78 is 0. The summed E-state index contributed by atoms with van der Waals surface area (Å²) >= 11 is 0. The molecule has 0 bridgehead atoms. The van der Waals surface area contributed by atoms with E-state index in [-0.39, 0.29) is 0 Å². The SMILES string of the molecule is C=CC1=C(N=C)N(C)CCC1. The van der Waals surface area contributed by atoms with Gasteiger partial charge in [0.15, 0.2) is 0 Å². The highest BCUT2D eigenvalue weighted by Crippen LogP contribution is 2.21. The summed E-state index contributed by atoms with van der Waals surface area (Å²) in [4.78, 5) is 6.08. The van der Waals surface area contributed by atoms with E-state index in [0.29, 0.717) is 0 Å². The first-order valence-electron chi connectivity index (χ1n) is 3.83. The van der Waals surface area contributed by atoms with Gasteiger partial charge in [-0.05, 0) is 25.1 Å². The van der Waals surface area contributed by atoms with Gasteiger partial charge < -0.3 is 4.90 Å². The molecular weight excluding hydrogens is 136 g/mol. The van der Waals surface area contributed by atoms with Gasteiger partial charge in [-0.2, -0.15) is 0 Å². The molecule has 60 valence electrons. The molecule has 0 saturated carbocycles. The molecule has 0 fully saturated rings. The van der Waals surface area contributed by atoms with E-state index in [9.17, 15) is 0 Å². The van der Waals surface area contributed by atoms with Gasteiger partial charge in [0, 0.05) is 13.6 Å². The van der Waals surface area contributed by atoms with Gasteiger partial charge in [0.05, 0.1) is 0 Å². The number of allylic oxidation sites excluding steroid dienone is 2. The van der Waals surface area contributed by atoms with Gasteiger partial charge in [0.2, 0.25) is 0 Å². The van der Waals surface area contributed by atoms with Crippen molar-refractivity contribution in [2.45, 2.75) is 12.8 Å². The largest absolute Gasteiger partial charge is 0.359 e. The van der Waals surface area contributed by atoms with E-state index in [2.05, 4.69) is 23.2 Å². The number of nitrogens with zero attached hydrogens (tertiary/aromatic N) is 2. The molecule has 1 rings (SSSR count). The number of rotatable bonds is 2. The maximum Gasteiger partial charge on any atom is 0.130 e. The van der Waals surface area contributed by atoms with Crippen LogP contribution in [0.1, 0.15) is 12.8 Å². The van der Waals surface area contributed by atoms with Crippen LogP contribution in [0, 0.1) is 0 Å². The van der Waals surface area contributed by atoms with E-state index in [1.54, 1.807) is 0 Å². The van der Waals surface area contributed by atoms with E-state index in [0.717, 1.165) is 18.8 Å². The molecule has 0 spiro atoms. The highest BCUT2D eigenvalue weighted by atomic mass is 15.2. The fourth-order valence-electron chi connectivity index (χ4n) is 1.39. The summed E-state index contributed by atoms with van der Waals surface area (Å²) in [6.45, 7) is 8.36. The molecule has 0 aliphatic carbocycles. The molecule has 11 heavy (non-hydrogen) atoms. The van der Waals surface area contributed by atoms with Crippen LogP contribution in [0.2, 0.25) is 0 Å². The van der Waals surface area contributed by atoms with Crippen molar-refractivity contribution in [3.05, 3.63) is 24.0 Å². The highest BCUT2D eigenvalue weighted by molar-refractivity contribution is 5.34. The van der Waals surface area contributed by atoms with Gasteiger partial charge in [-0.1, -0.05) is 12.7 Å². The second-order valence-corrected chi connectivity index (χ2v) is 2.74. The number of hydrogen-bond donors (Lipinski definition) is 0. The first-order chi connectivity index (χ1) is 5.29. The van der Waals surface area contributed by atoms with E-state index < -0.39 is 0 Å². The first-order valence-corrected chi connectivity index (χ1v) is 3.83. The fourth-order valence-corrected chi connectivity index (χ4v) is 1.39. The Morgan fingerprint density at radius 1 is 1.64 bits per heavy atom. The summed E-state index contributed by atoms with van der Waals surface area (Å²) in [5.74, 6) is 0.992. The normalized spacial score (nSPS) is 18.5. The quantitative estimate of drug-likeness (QED) is 0.548. The van der Waals surface area contributed by atoms with Crippen molar-refractivity contribution in [1.29, 1.82) is 0 Å². The highest BCUT2D eigenvalue weighted by Gasteiger charge is 2.12. The smallest absolute Gasteiger partial charge is 0.130 e. The summed E-state index contributed by atoms with van der Waals surface area (Å²) in [5.41, 5.74) is 1.22. The molecule has 1 aliphatic heterocycles. The van der Waals surface area contributed by atoms with E-state index in [1.165, 1.54) is 12.0 Å². The van der Waals surface area contributed by atoms with Crippen LogP contribution in [0.15, 0.2) is 29.0 Å². The molecule has 0 aromatic carbocycles. The third-order valence-corrected chi connectivity index (χ3v) is 1.98. The summed E-state index contributed by atoms with van der Waals surface area (Å²) in [6.07, 6.45) is 4.15. The molecule has 0 saturated heterocycles. The number of hydrogen-bond acceptors (Lipinski definition) is 2. The van der Waals surface area contributed by atoms with Crippen molar-refractivity contribution in [3.63, 3.8) is 0 Å². The van der Waals surface area contributed by atoms with Crippen LogP contribution < -0.4 is 0 Å². The van der Waals surface area contributed by atoms with E-state index in [1.807, 2.05) is 13.1 Å². The predicted molar refractivity (Wildman–Crippen MR) is 48.6 cm³/mol. The Morgan fingerprint density at radius 2 is 2.36 bits per heavy atom. The van der Waals surface area contributed by atoms with Crippen molar-refractivity contribution in [2.75, 3.05) is 13.6 Å². The van der Waals surface area contributed by atoms with E-state index in [4.69, 9.17) is 0 Å². The molecule has 1 aliphatic rings. The molecule has 0 radical (unpaired) electrons. The maximum absolute atomic E-state index is 3.97. The van der Waals surface area contributed by atoms with Crippen molar-refractivity contribution in [3.8, 4) is 0 Å². The lowest BCUT2D eigenvalue weighted by molar-refractivity contribution is 0.378. The predicted octanol–water partition coefficient (Wildman–Crippen LogP) is 1.81. The lowest BCUT2D eigenvalue weighted by Crippen LogP contribution is -2.23. The minimum absolute atomic E-state index is 0.992. The molecule has 0 aromatic rings. The van der Waals surface area contributed by atoms with Crippen LogP contribution in [-0.2, 0) is 0 Å². The lowest BCUT2D eigenvalue weighted by atomic mass is 10.1. The Morgan fingerprint density at radius 3 is 2.82 bits per heavy atom. The van der Waals surface area contributed by atoms with Crippen LogP contribution in [0.4, 0.5) is 0 Å². The monoisotopic (exact) mass is 150 g/mol. The van der Waals surface area contributed by atoms with Crippen molar-refractivity contribution in [1.82, 2.24) is 4.90 Å². The van der Waals surface area contributed by atoms with Crippen LogP contribution in [0.25, 0.3) is 0 Å². The third kappa shape index (κ3) is 1.50. The second-order valence-electron chi connectivity index (χ2n) is 2.74. The average Bonchev–Trinajstić information content (AvgIpc) is 2.04. The van der Waals surface area contributed by atoms with Gasteiger partial charge in [0.25, 0.3) is 0 Å². The standard InChI is InChI=1S/C9H14N2/c1-4-8-6-5-7-11(3)9(8)10-2/h4H,1-2,5-7H2,3H3. The summed E-state index contributed by atoms with van der Waals surface area (Å²) in [6, 6.07) is 0. The second kappa shape index (κ2) is 3.37. The molecule has 0 amide bonds. The minimum Gasteiger partial charge on any atom is -0.359 e. The third-order valence-electron chi connectivity index (χ3n) is 1.98. The molecular formula is C9H14N2. The summed E-state index contributed by atoms with van der Waals surface area (Å²) in [5, 5.41) is 0. The zero-order valence-electron chi connectivity index (χ0n) is 7.01.